The Kier molecular flexibility index (Phi) is 6.60. The topological polar surface area (TPSA) is 83.5 Å². The third kappa shape index (κ3) is 4.42. The van der Waals surface area contributed by atoms with E-state index < -0.39 is 10.0 Å². The summed E-state index contributed by atoms with van der Waals surface area (Å²) in [4.78, 5) is 24.6. The molecule has 9 heteroatoms. The number of rotatable bonds is 6. The van der Waals surface area contributed by atoms with Crippen molar-refractivity contribution in [1.82, 2.24) is 19.2 Å². The number of benzene rings is 1. The van der Waals surface area contributed by atoms with E-state index in [0.717, 1.165) is 40.9 Å². The Bertz CT molecular complexity index is 1250. The van der Waals surface area contributed by atoms with Gasteiger partial charge in [0.15, 0.2) is 0 Å². The van der Waals surface area contributed by atoms with Crippen LogP contribution in [0.5, 0.6) is 0 Å². The van der Waals surface area contributed by atoms with E-state index in [1.54, 1.807) is 23.2 Å². The van der Waals surface area contributed by atoms with Crippen LogP contribution in [0, 0.1) is 13.8 Å². The van der Waals surface area contributed by atoms with Crippen LogP contribution in [0.3, 0.4) is 0 Å². The number of nitrogens with zero attached hydrogens (tertiary/aromatic N) is 4. The standard InChI is InChI=1S/C23H28N4O3S2/c1-4-5-9-20-25-17(3)22(31-20)23(28)26-10-12-27(13-11-26)32(29,30)19-8-6-7-18-14-16(2)15-24-21(18)19/h6-8,14-15H,4-5,9-13H2,1-3H3. The van der Waals surface area contributed by atoms with Gasteiger partial charge in [0.2, 0.25) is 10.0 Å². The molecule has 0 unspecified atom stereocenters. The van der Waals surface area contributed by atoms with E-state index in [9.17, 15) is 13.2 Å². The zero-order valence-electron chi connectivity index (χ0n) is 18.7. The summed E-state index contributed by atoms with van der Waals surface area (Å²) in [6.07, 6.45) is 4.72. The van der Waals surface area contributed by atoms with Crippen LogP contribution >= 0.6 is 11.3 Å². The highest BCUT2D eigenvalue weighted by atomic mass is 32.2. The number of thiazole rings is 1. The maximum atomic E-state index is 13.4. The lowest BCUT2D eigenvalue weighted by atomic mass is 10.2. The SMILES string of the molecule is CCCCc1nc(C)c(C(=O)N2CCN(S(=O)(=O)c3cccc4cc(C)cnc34)CC2)s1. The number of hydrogen-bond acceptors (Lipinski definition) is 6. The Hall–Kier alpha value is -2.36. The van der Waals surface area contributed by atoms with Gasteiger partial charge in [0, 0.05) is 37.8 Å². The number of pyridine rings is 1. The zero-order chi connectivity index (χ0) is 22.9. The van der Waals surface area contributed by atoms with Crippen LogP contribution < -0.4 is 0 Å². The number of sulfonamides is 1. The number of para-hydroxylation sites is 1. The Morgan fingerprint density at radius 3 is 2.62 bits per heavy atom. The van der Waals surface area contributed by atoms with Crippen molar-refractivity contribution < 1.29 is 13.2 Å². The first-order valence-corrected chi connectivity index (χ1v) is 13.2. The van der Waals surface area contributed by atoms with Gasteiger partial charge in [0.1, 0.15) is 9.77 Å². The van der Waals surface area contributed by atoms with Gasteiger partial charge in [-0.15, -0.1) is 11.3 Å². The molecule has 1 fully saturated rings. The van der Waals surface area contributed by atoms with Gasteiger partial charge >= 0.3 is 0 Å². The quantitative estimate of drug-likeness (QED) is 0.545. The lowest BCUT2D eigenvalue weighted by molar-refractivity contribution is 0.0702. The van der Waals surface area contributed by atoms with Crippen molar-refractivity contribution in [3.05, 3.63) is 51.6 Å². The number of carbonyl (C=O) groups is 1. The summed E-state index contributed by atoms with van der Waals surface area (Å²) < 4.78 is 28.2. The van der Waals surface area contributed by atoms with Crippen LogP contribution in [0.2, 0.25) is 0 Å². The molecular formula is C23H28N4O3S2. The summed E-state index contributed by atoms with van der Waals surface area (Å²) in [6.45, 7) is 7.17. The van der Waals surface area contributed by atoms with Crippen molar-refractivity contribution in [3.63, 3.8) is 0 Å². The van der Waals surface area contributed by atoms with Crippen molar-refractivity contribution in [2.75, 3.05) is 26.2 Å². The second-order valence-corrected chi connectivity index (χ2v) is 11.2. The van der Waals surface area contributed by atoms with Gasteiger partial charge in [0.05, 0.1) is 16.2 Å². The van der Waals surface area contributed by atoms with Crippen molar-refractivity contribution in [1.29, 1.82) is 0 Å². The molecule has 0 saturated carbocycles. The fraction of sp³-hybridized carbons (Fsp3) is 0.435. The largest absolute Gasteiger partial charge is 0.335 e. The van der Waals surface area contributed by atoms with E-state index in [0.29, 0.717) is 23.5 Å². The minimum absolute atomic E-state index is 0.0536. The predicted molar refractivity (Wildman–Crippen MR) is 127 cm³/mol. The van der Waals surface area contributed by atoms with Gasteiger partial charge in [-0.2, -0.15) is 4.31 Å². The van der Waals surface area contributed by atoms with Crippen LogP contribution in [0.25, 0.3) is 10.9 Å². The fourth-order valence-electron chi connectivity index (χ4n) is 3.95. The highest BCUT2D eigenvalue weighted by Crippen LogP contribution is 2.27. The molecule has 4 rings (SSSR count). The number of hydrogen-bond donors (Lipinski definition) is 0. The zero-order valence-corrected chi connectivity index (χ0v) is 20.3. The number of piperazine rings is 1. The molecule has 1 aliphatic rings. The lowest BCUT2D eigenvalue weighted by Crippen LogP contribution is -2.50. The maximum absolute atomic E-state index is 13.4. The molecule has 1 saturated heterocycles. The molecule has 3 aromatic rings. The third-order valence-electron chi connectivity index (χ3n) is 5.73. The Morgan fingerprint density at radius 1 is 1.16 bits per heavy atom. The molecule has 170 valence electrons. The minimum Gasteiger partial charge on any atom is -0.335 e. The number of carbonyl (C=O) groups excluding carboxylic acids is 1. The number of unbranched alkanes of at least 4 members (excludes halogenated alkanes) is 1. The van der Waals surface area contributed by atoms with E-state index in [1.165, 1.54) is 15.6 Å². The smallest absolute Gasteiger partial charge is 0.265 e. The van der Waals surface area contributed by atoms with Crippen molar-refractivity contribution in [2.24, 2.45) is 0 Å². The summed E-state index contributed by atoms with van der Waals surface area (Å²) in [5.41, 5.74) is 2.23. The van der Waals surface area contributed by atoms with E-state index in [4.69, 9.17) is 0 Å². The summed E-state index contributed by atoms with van der Waals surface area (Å²) in [7, 11) is -3.71. The van der Waals surface area contributed by atoms with Gasteiger partial charge in [-0.1, -0.05) is 25.5 Å². The molecule has 0 aliphatic carbocycles. The van der Waals surface area contributed by atoms with E-state index in [-0.39, 0.29) is 23.9 Å². The summed E-state index contributed by atoms with van der Waals surface area (Å²) in [6, 6.07) is 7.16. The third-order valence-corrected chi connectivity index (χ3v) is 8.87. The lowest BCUT2D eigenvalue weighted by Gasteiger charge is -2.34. The van der Waals surface area contributed by atoms with Gasteiger partial charge in [-0.05, 0) is 44.4 Å². The second-order valence-electron chi connectivity index (χ2n) is 8.16. The summed E-state index contributed by atoms with van der Waals surface area (Å²) in [5, 5.41) is 1.80. The first-order valence-electron chi connectivity index (χ1n) is 10.9. The van der Waals surface area contributed by atoms with Crippen LogP contribution in [-0.4, -0.2) is 59.7 Å². The number of aromatic nitrogens is 2. The molecule has 0 N–H and O–H groups in total. The Balaban J connectivity index is 1.49. The van der Waals surface area contributed by atoms with Crippen LogP contribution in [0.15, 0.2) is 35.4 Å². The predicted octanol–water partition coefficient (Wildman–Crippen LogP) is 3.80. The average Bonchev–Trinajstić information content (AvgIpc) is 3.17. The molecule has 3 heterocycles. The number of aryl methyl sites for hydroxylation is 3. The van der Waals surface area contributed by atoms with E-state index in [1.807, 2.05) is 26.0 Å². The first kappa shape index (κ1) is 22.8. The van der Waals surface area contributed by atoms with Crippen molar-refractivity contribution in [2.45, 2.75) is 44.9 Å². The van der Waals surface area contributed by atoms with Gasteiger partial charge < -0.3 is 4.90 Å². The van der Waals surface area contributed by atoms with Crippen molar-refractivity contribution >= 4 is 38.2 Å². The number of fused-ring (bicyclic) bond motifs is 1. The van der Waals surface area contributed by atoms with Crippen molar-refractivity contribution in [3.8, 4) is 0 Å². The molecule has 2 aromatic heterocycles. The molecule has 32 heavy (non-hydrogen) atoms. The van der Waals surface area contributed by atoms with Crippen LogP contribution in [0.4, 0.5) is 0 Å². The van der Waals surface area contributed by atoms with Gasteiger partial charge in [-0.3, -0.25) is 9.78 Å². The molecule has 0 atom stereocenters. The van der Waals surface area contributed by atoms with Crippen LogP contribution in [-0.2, 0) is 16.4 Å². The van der Waals surface area contributed by atoms with E-state index in [2.05, 4.69) is 16.9 Å². The average molecular weight is 473 g/mol. The molecule has 1 aromatic carbocycles. The van der Waals surface area contributed by atoms with Gasteiger partial charge in [-0.25, -0.2) is 13.4 Å². The molecule has 1 aliphatic heterocycles. The molecular weight excluding hydrogens is 444 g/mol. The normalized spacial score (nSPS) is 15.4. The first-order chi connectivity index (χ1) is 15.3. The Labute approximate surface area is 193 Å². The second kappa shape index (κ2) is 9.25. The van der Waals surface area contributed by atoms with Gasteiger partial charge in [0.25, 0.3) is 5.91 Å². The fourth-order valence-corrected chi connectivity index (χ4v) is 6.61. The molecule has 0 radical (unpaired) electrons. The van der Waals surface area contributed by atoms with E-state index >= 15 is 0 Å². The monoisotopic (exact) mass is 472 g/mol. The highest BCUT2D eigenvalue weighted by molar-refractivity contribution is 7.89. The molecule has 1 amide bonds. The number of amides is 1. The molecule has 0 bridgehead atoms. The minimum atomic E-state index is -3.71. The van der Waals surface area contributed by atoms with Crippen LogP contribution in [0.1, 0.15) is 45.7 Å². The summed E-state index contributed by atoms with van der Waals surface area (Å²) >= 11 is 1.46. The summed E-state index contributed by atoms with van der Waals surface area (Å²) in [5.74, 6) is -0.0536. The Morgan fingerprint density at radius 2 is 1.91 bits per heavy atom. The highest BCUT2D eigenvalue weighted by Gasteiger charge is 2.32. The molecule has 0 spiro atoms. The molecule has 7 nitrogen and oxygen atoms in total. The maximum Gasteiger partial charge on any atom is 0.265 e.